The summed E-state index contributed by atoms with van der Waals surface area (Å²) in [5.74, 6) is 1.29. The fourth-order valence-corrected chi connectivity index (χ4v) is 3.99. The van der Waals surface area contributed by atoms with Gasteiger partial charge in [0, 0.05) is 27.8 Å². The van der Waals surface area contributed by atoms with Crippen LogP contribution < -0.4 is 14.8 Å². The van der Waals surface area contributed by atoms with Crippen molar-refractivity contribution in [1.29, 1.82) is 0 Å². The van der Waals surface area contributed by atoms with Gasteiger partial charge in [-0.1, -0.05) is 41.4 Å². The number of hydrogen-bond donors (Lipinski definition) is 1. The molecule has 0 heterocycles. The average molecular weight is 495 g/mol. The molecule has 0 aliphatic heterocycles. The molecule has 0 aliphatic carbocycles. The van der Waals surface area contributed by atoms with Crippen LogP contribution in [0.25, 0.3) is 0 Å². The highest BCUT2D eigenvalue weighted by atomic mass is 79.9. The first-order valence-electron chi connectivity index (χ1n) is 9.11. The van der Waals surface area contributed by atoms with E-state index in [2.05, 4.69) is 53.3 Å². The molecule has 29 heavy (non-hydrogen) atoms. The minimum atomic E-state index is 0.311. The standard InChI is InChI=1S/C23H22BrCl2NO2/c1-14-4-5-15(2)21(8-14)27-12-16-9-19(24)23(22(10-16)28-3)29-13-17-6-7-18(25)11-20(17)26/h4-11,27H,12-13H2,1-3H3. The van der Waals surface area contributed by atoms with Crippen molar-refractivity contribution < 1.29 is 9.47 Å². The molecule has 0 fully saturated rings. The summed E-state index contributed by atoms with van der Waals surface area (Å²) < 4.78 is 12.4. The summed E-state index contributed by atoms with van der Waals surface area (Å²) in [4.78, 5) is 0. The molecule has 3 nitrogen and oxygen atoms in total. The summed E-state index contributed by atoms with van der Waals surface area (Å²) >= 11 is 15.8. The maximum absolute atomic E-state index is 6.24. The Morgan fingerprint density at radius 1 is 1.00 bits per heavy atom. The Kier molecular flexibility index (Phi) is 7.33. The van der Waals surface area contributed by atoms with E-state index in [0.29, 0.717) is 34.7 Å². The number of benzene rings is 3. The van der Waals surface area contributed by atoms with Gasteiger partial charge in [0.2, 0.25) is 0 Å². The largest absolute Gasteiger partial charge is 0.493 e. The Morgan fingerprint density at radius 3 is 2.52 bits per heavy atom. The second-order valence-corrected chi connectivity index (χ2v) is 8.50. The minimum absolute atomic E-state index is 0.311. The summed E-state index contributed by atoms with van der Waals surface area (Å²) in [5, 5.41) is 4.66. The maximum atomic E-state index is 6.24. The Morgan fingerprint density at radius 2 is 1.79 bits per heavy atom. The molecular weight excluding hydrogens is 473 g/mol. The maximum Gasteiger partial charge on any atom is 0.175 e. The highest BCUT2D eigenvalue weighted by Crippen LogP contribution is 2.38. The smallest absolute Gasteiger partial charge is 0.175 e. The van der Waals surface area contributed by atoms with Gasteiger partial charge in [-0.05, 0) is 76.8 Å². The van der Waals surface area contributed by atoms with Crippen LogP contribution in [0, 0.1) is 13.8 Å². The molecule has 152 valence electrons. The van der Waals surface area contributed by atoms with Crippen LogP contribution in [0.5, 0.6) is 11.5 Å². The summed E-state index contributed by atoms with van der Waals surface area (Å²) in [6.45, 7) is 5.16. The van der Waals surface area contributed by atoms with Crippen LogP contribution in [0.1, 0.15) is 22.3 Å². The Balaban J connectivity index is 1.75. The van der Waals surface area contributed by atoms with Crippen molar-refractivity contribution in [2.24, 2.45) is 0 Å². The molecule has 1 N–H and O–H groups in total. The molecule has 0 bridgehead atoms. The van der Waals surface area contributed by atoms with Crippen molar-refractivity contribution in [3.63, 3.8) is 0 Å². The van der Waals surface area contributed by atoms with Crippen molar-refractivity contribution in [3.05, 3.63) is 85.3 Å². The van der Waals surface area contributed by atoms with E-state index >= 15 is 0 Å². The Labute approximate surface area is 190 Å². The number of ether oxygens (including phenoxy) is 2. The van der Waals surface area contributed by atoms with E-state index in [4.69, 9.17) is 32.7 Å². The van der Waals surface area contributed by atoms with Crippen molar-refractivity contribution in [2.45, 2.75) is 27.0 Å². The van der Waals surface area contributed by atoms with E-state index in [1.807, 2.05) is 18.2 Å². The third kappa shape index (κ3) is 5.59. The highest BCUT2D eigenvalue weighted by Gasteiger charge is 2.13. The topological polar surface area (TPSA) is 30.5 Å². The van der Waals surface area contributed by atoms with E-state index in [-0.39, 0.29) is 0 Å². The van der Waals surface area contributed by atoms with Gasteiger partial charge in [-0.3, -0.25) is 0 Å². The normalized spacial score (nSPS) is 10.7. The molecule has 0 aromatic heterocycles. The molecule has 0 amide bonds. The zero-order valence-corrected chi connectivity index (χ0v) is 19.6. The molecule has 0 saturated heterocycles. The lowest BCUT2D eigenvalue weighted by Gasteiger charge is -2.16. The SMILES string of the molecule is COc1cc(CNc2cc(C)ccc2C)cc(Br)c1OCc1ccc(Cl)cc1Cl. The van der Waals surface area contributed by atoms with Gasteiger partial charge < -0.3 is 14.8 Å². The van der Waals surface area contributed by atoms with Crippen LogP contribution in [0.15, 0.2) is 53.0 Å². The van der Waals surface area contributed by atoms with E-state index in [0.717, 1.165) is 21.3 Å². The molecule has 0 radical (unpaired) electrons. The second kappa shape index (κ2) is 9.75. The summed E-state index contributed by atoms with van der Waals surface area (Å²) in [5.41, 5.74) is 5.48. The minimum Gasteiger partial charge on any atom is -0.493 e. The number of methoxy groups -OCH3 is 1. The summed E-state index contributed by atoms with van der Waals surface area (Å²) in [6.07, 6.45) is 0. The van der Waals surface area contributed by atoms with E-state index in [1.54, 1.807) is 19.2 Å². The van der Waals surface area contributed by atoms with Crippen molar-refractivity contribution in [1.82, 2.24) is 0 Å². The molecule has 0 unspecified atom stereocenters. The first kappa shape index (κ1) is 21.8. The number of nitrogens with one attached hydrogen (secondary N) is 1. The highest BCUT2D eigenvalue weighted by molar-refractivity contribution is 9.10. The fourth-order valence-electron chi connectivity index (χ4n) is 2.93. The van der Waals surface area contributed by atoms with Crippen LogP contribution in [0.4, 0.5) is 5.69 Å². The molecule has 3 aromatic carbocycles. The van der Waals surface area contributed by atoms with Gasteiger partial charge in [-0.15, -0.1) is 0 Å². The van der Waals surface area contributed by atoms with Gasteiger partial charge in [0.05, 0.1) is 11.6 Å². The van der Waals surface area contributed by atoms with Crippen LogP contribution >= 0.6 is 39.1 Å². The quantitative estimate of drug-likeness (QED) is 0.367. The molecule has 3 aromatic rings. The summed E-state index contributed by atoms with van der Waals surface area (Å²) in [7, 11) is 1.63. The molecular formula is C23H22BrCl2NO2. The van der Waals surface area contributed by atoms with Crippen molar-refractivity contribution in [2.75, 3.05) is 12.4 Å². The zero-order valence-electron chi connectivity index (χ0n) is 16.5. The van der Waals surface area contributed by atoms with E-state index in [9.17, 15) is 0 Å². The van der Waals surface area contributed by atoms with Crippen LogP contribution in [0.2, 0.25) is 10.0 Å². The van der Waals surface area contributed by atoms with Crippen molar-refractivity contribution >= 4 is 44.8 Å². The monoisotopic (exact) mass is 493 g/mol. The lowest BCUT2D eigenvalue weighted by atomic mass is 10.1. The van der Waals surface area contributed by atoms with E-state index < -0.39 is 0 Å². The lowest BCUT2D eigenvalue weighted by Crippen LogP contribution is -2.04. The van der Waals surface area contributed by atoms with Crippen LogP contribution in [-0.2, 0) is 13.2 Å². The van der Waals surface area contributed by atoms with Gasteiger partial charge in [-0.25, -0.2) is 0 Å². The number of halogens is 3. The zero-order chi connectivity index (χ0) is 21.0. The van der Waals surface area contributed by atoms with Gasteiger partial charge in [0.25, 0.3) is 0 Å². The van der Waals surface area contributed by atoms with Gasteiger partial charge in [-0.2, -0.15) is 0 Å². The number of anilines is 1. The first-order chi connectivity index (χ1) is 13.9. The van der Waals surface area contributed by atoms with Crippen molar-refractivity contribution in [3.8, 4) is 11.5 Å². The molecule has 6 heteroatoms. The molecule has 0 aliphatic rings. The van der Waals surface area contributed by atoms with Gasteiger partial charge in [0.15, 0.2) is 11.5 Å². The number of hydrogen-bond acceptors (Lipinski definition) is 3. The van der Waals surface area contributed by atoms with Gasteiger partial charge >= 0.3 is 0 Å². The third-order valence-electron chi connectivity index (χ3n) is 4.55. The first-order valence-corrected chi connectivity index (χ1v) is 10.7. The Hall–Kier alpha value is -1.88. The lowest BCUT2D eigenvalue weighted by molar-refractivity contribution is 0.282. The Bertz CT molecular complexity index is 1020. The van der Waals surface area contributed by atoms with E-state index in [1.165, 1.54) is 11.1 Å². The molecule has 3 rings (SSSR count). The number of aryl methyl sites for hydroxylation is 2. The predicted molar refractivity (Wildman–Crippen MR) is 125 cm³/mol. The van der Waals surface area contributed by atoms with Gasteiger partial charge in [0.1, 0.15) is 6.61 Å². The molecule has 0 atom stereocenters. The second-order valence-electron chi connectivity index (χ2n) is 6.81. The molecule has 0 spiro atoms. The summed E-state index contributed by atoms with van der Waals surface area (Å²) in [6, 6.07) is 15.7. The third-order valence-corrected chi connectivity index (χ3v) is 5.73. The average Bonchev–Trinajstić information content (AvgIpc) is 2.68. The van der Waals surface area contributed by atoms with Crippen LogP contribution in [0.3, 0.4) is 0 Å². The predicted octanol–water partition coefficient (Wildman–Crippen LogP) is 7.57. The van der Waals surface area contributed by atoms with Crippen LogP contribution in [-0.4, -0.2) is 7.11 Å². The molecule has 0 saturated carbocycles. The number of rotatable bonds is 7. The fraction of sp³-hybridized carbons (Fsp3) is 0.217.